The van der Waals surface area contributed by atoms with E-state index in [0.717, 1.165) is 16.4 Å². The van der Waals surface area contributed by atoms with Crippen LogP contribution in [-0.4, -0.2) is 21.8 Å². The van der Waals surface area contributed by atoms with Crippen molar-refractivity contribution in [2.45, 2.75) is 45.1 Å². The molecule has 2 aromatic rings. The predicted molar refractivity (Wildman–Crippen MR) is 88.8 cm³/mol. The van der Waals surface area contributed by atoms with Crippen LogP contribution >= 0.6 is 12.2 Å². The van der Waals surface area contributed by atoms with Gasteiger partial charge in [0.2, 0.25) is 5.95 Å². The van der Waals surface area contributed by atoms with E-state index in [4.69, 9.17) is 12.2 Å². The van der Waals surface area contributed by atoms with E-state index >= 15 is 0 Å². The number of H-pyrrole nitrogens is 1. The number of anilines is 2. The van der Waals surface area contributed by atoms with Gasteiger partial charge in [0.15, 0.2) is 4.77 Å². The van der Waals surface area contributed by atoms with Crippen LogP contribution in [0.25, 0.3) is 0 Å². The SMILES string of the molecule is Cc1cccc(N(C)c2n[nH]c(=S)n2C2CCCCC2)c1. The van der Waals surface area contributed by atoms with Crippen LogP contribution in [0.5, 0.6) is 0 Å². The van der Waals surface area contributed by atoms with Gasteiger partial charge in [0, 0.05) is 18.8 Å². The average molecular weight is 302 g/mol. The van der Waals surface area contributed by atoms with Crippen LogP contribution in [0.1, 0.15) is 43.7 Å². The Morgan fingerprint density at radius 1 is 1.29 bits per heavy atom. The van der Waals surface area contributed by atoms with E-state index in [0.29, 0.717) is 6.04 Å². The quantitative estimate of drug-likeness (QED) is 0.847. The predicted octanol–water partition coefficient (Wildman–Crippen LogP) is 4.52. The van der Waals surface area contributed by atoms with Gasteiger partial charge >= 0.3 is 0 Å². The van der Waals surface area contributed by atoms with E-state index in [1.807, 2.05) is 0 Å². The van der Waals surface area contributed by atoms with Crippen molar-refractivity contribution in [2.24, 2.45) is 0 Å². The molecule has 112 valence electrons. The van der Waals surface area contributed by atoms with Crippen LogP contribution < -0.4 is 4.90 Å². The van der Waals surface area contributed by atoms with Gasteiger partial charge in [-0.05, 0) is 49.7 Å². The lowest BCUT2D eigenvalue weighted by Gasteiger charge is -2.27. The fourth-order valence-electron chi connectivity index (χ4n) is 3.15. The third-order valence-corrected chi connectivity index (χ3v) is 4.60. The summed E-state index contributed by atoms with van der Waals surface area (Å²) in [5.41, 5.74) is 2.39. The third-order valence-electron chi connectivity index (χ3n) is 4.31. The van der Waals surface area contributed by atoms with E-state index < -0.39 is 0 Å². The van der Waals surface area contributed by atoms with Crippen LogP contribution in [0.3, 0.4) is 0 Å². The number of benzene rings is 1. The lowest BCUT2D eigenvalue weighted by Crippen LogP contribution is -2.20. The largest absolute Gasteiger partial charge is 0.314 e. The number of hydrogen-bond donors (Lipinski definition) is 1. The second-order valence-electron chi connectivity index (χ2n) is 5.89. The topological polar surface area (TPSA) is 36.9 Å². The number of nitrogens with one attached hydrogen (secondary N) is 1. The third kappa shape index (κ3) is 2.88. The van der Waals surface area contributed by atoms with Gasteiger partial charge in [0.25, 0.3) is 0 Å². The Balaban J connectivity index is 1.97. The first kappa shape index (κ1) is 14.3. The van der Waals surface area contributed by atoms with Crippen molar-refractivity contribution in [2.75, 3.05) is 11.9 Å². The van der Waals surface area contributed by atoms with Crippen molar-refractivity contribution in [1.29, 1.82) is 0 Å². The molecule has 0 bridgehead atoms. The highest BCUT2D eigenvalue weighted by Crippen LogP contribution is 2.33. The van der Waals surface area contributed by atoms with Gasteiger partial charge in [-0.3, -0.25) is 4.57 Å². The van der Waals surface area contributed by atoms with Gasteiger partial charge in [-0.15, -0.1) is 5.10 Å². The summed E-state index contributed by atoms with van der Waals surface area (Å²) >= 11 is 5.47. The molecule has 0 saturated heterocycles. The maximum atomic E-state index is 5.47. The second kappa shape index (κ2) is 6.02. The first-order chi connectivity index (χ1) is 10.2. The summed E-state index contributed by atoms with van der Waals surface area (Å²) in [7, 11) is 2.05. The van der Waals surface area contributed by atoms with Crippen LogP contribution in [0, 0.1) is 11.7 Å². The molecule has 1 aliphatic carbocycles. The highest BCUT2D eigenvalue weighted by Gasteiger charge is 2.22. The minimum Gasteiger partial charge on any atom is -0.314 e. The Labute approximate surface area is 130 Å². The zero-order valence-corrected chi connectivity index (χ0v) is 13.5. The number of aromatic nitrogens is 3. The molecular weight excluding hydrogens is 280 g/mol. The van der Waals surface area contributed by atoms with Crippen LogP contribution in [-0.2, 0) is 0 Å². The van der Waals surface area contributed by atoms with Gasteiger partial charge in [-0.2, -0.15) is 0 Å². The van der Waals surface area contributed by atoms with Crippen LogP contribution in [0.2, 0.25) is 0 Å². The van der Waals surface area contributed by atoms with Crippen molar-refractivity contribution in [3.05, 3.63) is 34.6 Å². The maximum absolute atomic E-state index is 5.47. The molecule has 0 spiro atoms. The van der Waals surface area contributed by atoms with Gasteiger partial charge in [0.05, 0.1) is 0 Å². The molecule has 1 aliphatic rings. The monoisotopic (exact) mass is 302 g/mol. The summed E-state index contributed by atoms with van der Waals surface area (Å²) in [5, 5.41) is 7.44. The van der Waals surface area contributed by atoms with Gasteiger partial charge in [-0.25, -0.2) is 5.10 Å². The Bertz CT molecular complexity index is 667. The van der Waals surface area contributed by atoms with E-state index in [1.54, 1.807) is 0 Å². The van der Waals surface area contributed by atoms with Gasteiger partial charge < -0.3 is 4.90 Å². The van der Waals surface area contributed by atoms with Crippen molar-refractivity contribution in [3.8, 4) is 0 Å². The fourth-order valence-corrected chi connectivity index (χ4v) is 3.43. The molecule has 5 heteroatoms. The lowest BCUT2D eigenvalue weighted by molar-refractivity contribution is 0.351. The number of hydrogen-bond acceptors (Lipinski definition) is 3. The molecule has 21 heavy (non-hydrogen) atoms. The second-order valence-corrected chi connectivity index (χ2v) is 6.28. The molecule has 0 unspecified atom stereocenters. The van der Waals surface area contributed by atoms with Crippen LogP contribution in [0.15, 0.2) is 24.3 Å². The summed E-state index contributed by atoms with van der Waals surface area (Å²) in [6.07, 6.45) is 6.30. The van der Waals surface area contributed by atoms with Crippen molar-refractivity contribution in [3.63, 3.8) is 0 Å². The molecule has 1 aromatic heterocycles. The summed E-state index contributed by atoms with van der Waals surface area (Å²) in [4.78, 5) is 2.12. The van der Waals surface area contributed by atoms with Crippen LogP contribution in [0.4, 0.5) is 11.6 Å². The zero-order chi connectivity index (χ0) is 14.8. The maximum Gasteiger partial charge on any atom is 0.230 e. The molecule has 1 heterocycles. The zero-order valence-electron chi connectivity index (χ0n) is 12.7. The van der Waals surface area contributed by atoms with Gasteiger partial charge in [0.1, 0.15) is 0 Å². The molecule has 0 radical (unpaired) electrons. The normalized spacial score (nSPS) is 16.1. The molecule has 0 amide bonds. The minimum absolute atomic E-state index is 0.479. The number of rotatable bonds is 3. The summed E-state index contributed by atoms with van der Waals surface area (Å²) in [6.45, 7) is 2.11. The van der Waals surface area contributed by atoms with E-state index in [2.05, 4.69) is 57.9 Å². The highest BCUT2D eigenvalue weighted by atomic mass is 32.1. The van der Waals surface area contributed by atoms with Gasteiger partial charge in [-0.1, -0.05) is 31.4 Å². The first-order valence-electron chi connectivity index (χ1n) is 7.64. The number of aryl methyl sites for hydroxylation is 1. The lowest BCUT2D eigenvalue weighted by atomic mass is 9.95. The fraction of sp³-hybridized carbons (Fsp3) is 0.500. The highest BCUT2D eigenvalue weighted by molar-refractivity contribution is 7.71. The van der Waals surface area contributed by atoms with Crippen molar-refractivity contribution >= 4 is 23.9 Å². The molecule has 1 saturated carbocycles. The Hall–Kier alpha value is -1.62. The number of nitrogens with zero attached hydrogens (tertiary/aromatic N) is 3. The molecule has 0 atom stereocenters. The first-order valence-corrected chi connectivity index (χ1v) is 8.05. The van der Waals surface area contributed by atoms with E-state index in [9.17, 15) is 0 Å². The molecule has 4 nitrogen and oxygen atoms in total. The summed E-state index contributed by atoms with van der Waals surface area (Å²) < 4.78 is 2.94. The van der Waals surface area contributed by atoms with Crippen molar-refractivity contribution in [1.82, 2.24) is 14.8 Å². The smallest absolute Gasteiger partial charge is 0.230 e. The minimum atomic E-state index is 0.479. The molecule has 1 fully saturated rings. The summed E-state index contributed by atoms with van der Waals surface area (Å²) in [5.74, 6) is 0.914. The van der Waals surface area contributed by atoms with E-state index in [-0.39, 0.29) is 0 Å². The van der Waals surface area contributed by atoms with E-state index in [1.165, 1.54) is 37.7 Å². The van der Waals surface area contributed by atoms with Crippen molar-refractivity contribution < 1.29 is 0 Å². The number of aromatic amines is 1. The Kier molecular flexibility index (Phi) is 4.10. The average Bonchev–Trinajstić information content (AvgIpc) is 2.89. The molecule has 0 aliphatic heterocycles. The molecule has 1 N–H and O–H groups in total. The standard InChI is InChI=1S/C16H22N4S/c1-12-7-6-10-14(11-12)19(2)15-17-18-16(21)20(15)13-8-4-3-5-9-13/h6-7,10-11,13H,3-5,8-9H2,1-2H3,(H,18,21). The molecule has 3 rings (SSSR count). The molecular formula is C16H22N4S. The Morgan fingerprint density at radius 3 is 2.76 bits per heavy atom. The Morgan fingerprint density at radius 2 is 2.05 bits per heavy atom. The molecule has 1 aromatic carbocycles. The summed E-state index contributed by atoms with van der Waals surface area (Å²) in [6, 6.07) is 8.94.